The van der Waals surface area contributed by atoms with E-state index in [-0.39, 0.29) is 16.5 Å². The maximum atomic E-state index is 13.7. The van der Waals surface area contributed by atoms with Crippen molar-refractivity contribution < 1.29 is 19.1 Å². The number of pyridine rings is 1. The fraction of sp³-hybridized carbons (Fsp3) is 0.120. The largest absolute Gasteiger partial charge is 0.507 e. The average Bonchev–Trinajstić information content (AvgIpc) is 3.33. The van der Waals surface area contributed by atoms with Crippen LogP contribution in [0.5, 0.6) is 0 Å². The van der Waals surface area contributed by atoms with E-state index in [0.717, 1.165) is 22.5 Å². The zero-order chi connectivity index (χ0) is 23.3. The van der Waals surface area contributed by atoms with Crippen molar-refractivity contribution in [1.82, 2.24) is 9.97 Å². The van der Waals surface area contributed by atoms with Crippen LogP contribution < -0.4 is 4.90 Å². The number of aliphatic hydroxyl groups excluding tert-OH is 1. The molecule has 0 radical (unpaired) electrons. The van der Waals surface area contributed by atoms with Crippen LogP contribution in [0, 0.1) is 19.7 Å². The summed E-state index contributed by atoms with van der Waals surface area (Å²) in [4.78, 5) is 36.3. The van der Waals surface area contributed by atoms with Gasteiger partial charge in [0, 0.05) is 18.0 Å². The molecule has 0 aliphatic carbocycles. The topological polar surface area (TPSA) is 83.4 Å². The van der Waals surface area contributed by atoms with Crippen LogP contribution in [0.15, 0.2) is 66.5 Å². The summed E-state index contributed by atoms with van der Waals surface area (Å²) in [5.74, 6) is -2.27. The van der Waals surface area contributed by atoms with E-state index in [9.17, 15) is 19.1 Å². The quantitative estimate of drug-likeness (QED) is 0.263. The monoisotopic (exact) mass is 459 g/mol. The second kappa shape index (κ2) is 7.90. The van der Waals surface area contributed by atoms with Crippen LogP contribution in [-0.4, -0.2) is 26.8 Å². The molecule has 2 aromatic carbocycles. The van der Waals surface area contributed by atoms with Gasteiger partial charge in [-0.2, -0.15) is 0 Å². The lowest BCUT2D eigenvalue weighted by atomic mass is 9.94. The number of Topliss-reactive ketones (excluding diaryl/α,β-unsaturated/α-hetero) is 1. The Morgan fingerprint density at radius 1 is 1.06 bits per heavy atom. The van der Waals surface area contributed by atoms with Crippen LogP contribution in [-0.2, 0) is 9.59 Å². The molecule has 6 nitrogen and oxygen atoms in total. The van der Waals surface area contributed by atoms with Crippen molar-refractivity contribution in [2.45, 2.75) is 19.9 Å². The Labute approximate surface area is 192 Å². The number of hydrogen-bond acceptors (Lipinski definition) is 6. The Hall–Kier alpha value is -3.91. The second-order valence-corrected chi connectivity index (χ2v) is 8.89. The third kappa shape index (κ3) is 3.48. The number of ketones is 1. The van der Waals surface area contributed by atoms with Crippen LogP contribution in [0.4, 0.5) is 9.52 Å². The molecule has 164 valence electrons. The highest BCUT2D eigenvalue weighted by atomic mass is 32.1. The second-order valence-electron chi connectivity index (χ2n) is 7.88. The van der Waals surface area contributed by atoms with E-state index in [1.165, 1.54) is 23.1 Å². The minimum absolute atomic E-state index is 0.0228. The Morgan fingerprint density at radius 3 is 2.58 bits per heavy atom. The Bertz CT molecular complexity index is 1460. The van der Waals surface area contributed by atoms with Gasteiger partial charge in [0.25, 0.3) is 5.78 Å². The first-order valence-electron chi connectivity index (χ1n) is 10.2. The van der Waals surface area contributed by atoms with Crippen LogP contribution in [0.1, 0.15) is 28.3 Å². The highest BCUT2D eigenvalue weighted by molar-refractivity contribution is 7.22. The maximum absolute atomic E-state index is 13.7. The number of amides is 1. The fourth-order valence-electron chi connectivity index (χ4n) is 4.02. The van der Waals surface area contributed by atoms with Crippen LogP contribution in [0.2, 0.25) is 0 Å². The molecule has 5 rings (SSSR count). The van der Waals surface area contributed by atoms with E-state index in [1.54, 1.807) is 30.6 Å². The van der Waals surface area contributed by atoms with Gasteiger partial charge in [-0.1, -0.05) is 29.0 Å². The maximum Gasteiger partial charge on any atom is 0.301 e. The molecule has 1 unspecified atom stereocenters. The molecule has 8 heteroatoms. The molecule has 0 saturated carbocycles. The van der Waals surface area contributed by atoms with Gasteiger partial charge in [-0.25, -0.2) is 9.37 Å². The standard InChI is InChI=1S/C25H18FN3O3S/c1-13-3-4-14(2)17(11-13)22(30)20-21(15-7-9-27-10-8-15)29(24(32)23(20)31)25-28-18-6-5-16(26)12-19(18)33-25/h3-12,21,30H,1-2H3. The molecule has 4 aromatic rings. The molecule has 1 saturated heterocycles. The number of halogens is 1. The van der Waals surface area contributed by atoms with Crippen molar-refractivity contribution in [3.8, 4) is 0 Å². The number of anilines is 1. The number of carbonyl (C=O) groups excluding carboxylic acids is 2. The number of nitrogens with zero attached hydrogens (tertiary/aromatic N) is 3. The van der Waals surface area contributed by atoms with Crippen LogP contribution in [0.25, 0.3) is 16.0 Å². The van der Waals surface area contributed by atoms with Gasteiger partial charge in [-0.05, 0) is 61.4 Å². The first kappa shape index (κ1) is 21.0. The summed E-state index contributed by atoms with van der Waals surface area (Å²) in [6.07, 6.45) is 3.11. The molecule has 1 aliphatic heterocycles. The molecule has 0 spiro atoms. The summed E-state index contributed by atoms with van der Waals surface area (Å²) in [5.41, 5.74) is 3.25. The van der Waals surface area contributed by atoms with E-state index in [0.29, 0.717) is 21.3 Å². The van der Waals surface area contributed by atoms with Gasteiger partial charge in [0.05, 0.1) is 21.8 Å². The van der Waals surface area contributed by atoms with Crippen molar-refractivity contribution >= 4 is 44.1 Å². The molecule has 1 aliphatic rings. The van der Waals surface area contributed by atoms with E-state index in [4.69, 9.17) is 0 Å². The zero-order valence-corrected chi connectivity index (χ0v) is 18.6. The van der Waals surface area contributed by atoms with E-state index in [1.807, 2.05) is 26.0 Å². The number of aliphatic hydroxyl groups is 1. The number of benzene rings is 2. The smallest absolute Gasteiger partial charge is 0.301 e. The average molecular weight is 460 g/mol. The molecule has 3 heterocycles. The number of carbonyl (C=O) groups is 2. The van der Waals surface area contributed by atoms with Gasteiger partial charge < -0.3 is 5.11 Å². The number of aromatic nitrogens is 2. The zero-order valence-electron chi connectivity index (χ0n) is 17.7. The summed E-state index contributed by atoms with van der Waals surface area (Å²) in [7, 11) is 0. The minimum Gasteiger partial charge on any atom is -0.507 e. The lowest BCUT2D eigenvalue weighted by Crippen LogP contribution is -2.29. The van der Waals surface area contributed by atoms with Crippen molar-refractivity contribution in [3.63, 3.8) is 0 Å². The predicted molar refractivity (Wildman–Crippen MR) is 125 cm³/mol. The molecule has 2 aromatic heterocycles. The fourth-order valence-corrected chi connectivity index (χ4v) is 5.03. The molecular weight excluding hydrogens is 441 g/mol. The summed E-state index contributed by atoms with van der Waals surface area (Å²) < 4.78 is 14.3. The first-order chi connectivity index (χ1) is 15.8. The van der Waals surface area contributed by atoms with Gasteiger partial charge >= 0.3 is 5.91 Å². The summed E-state index contributed by atoms with van der Waals surface area (Å²) in [6, 6.07) is 12.2. The number of fused-ring (bicyclic) bond motifs is 1. The van der Waals surface area contributed by atoms with Crippen molar-refractivity contribution in [2.24, 2.45) is 0 Å². The van der Waals surface area contributed by atoms with Gasteiger partial charge in [-0.3, -0.25) is 19.5 Å². The number of hydrogen-bond donors (Lipinski definition) is 1. The molecule has 1 amide bonds. The SMILES string of the molecule is Cc1ccc(C)c(C(O)=C2C(=O)C(=O)N(c3nc4ccc(F)cc4s3)C2c2ccncc2)c1. The van der Waals surface area contributed by atoms with Crippen LogP contribution >= 0.6 is 11.3 Å². The van der Waals surface area contributed by atoms with Gasteiger partial charge in [0.15, 0.2) is 5.13 Å². The molecule has 0 bridgehead atoms. The summed E-state index contributed by atoms with van der Waals surface area (Å²) >= 11 is 1.11. The molecular formula is C25H18FN3O3S. The molecule has 1 atom stereocenters. The van der Waals surface area contributed by atoms with Crippen molar-refractivity contribution in [1.29, 1.82) is 0 Å². The van der Waals surface area contributed by atoms with Crippen LogP contribution in [0.3, 0.4) is 0 Å². The number of aryl methyl sites for hydroxylation is 2. The third-order valence-corrected chi connectivity index (χ3v) is 6.68. The molecule has 33 heavy (non-hydrogen) atoms. The summed E-state index contributed by atoms with van der Waals surface area (Å²) in [5, 5.41) is 11.5. The van der Waals surface area contributed by atoms with Gasteiger partial charge in [0.1, 0.15) is 11.6 Å². The highest BCUT2D eigenvalue weighted by Gasteiger charge is 2.48. The van der Waals surface area contributed by atoms with Crippen molar-refractivity contribution in [2.75, 3.05) is 4.90 Å². The summed E-state index contributed by atoms with van der Waals surface area (Å²) in [6.45, 7) is 3.71. The Kier molecular flexibility index (Phi) is 5.02. The normalized spacial score (nSPS) is 17.8. The number of rotatable bonds is 3. The minimum atomic E-state index is -0.904. The number of thiazole rings is 1. The Morgan fingerprint density at radius 2 is 1.82 bits per heavy atom. The van der Waals surface area contributed by atoms with Crippen molar-refractivity contribution in [3.05, 3.63) is 94.6 Å². The first-order valence-corrected chi connectivity index (χ1v) is 11.0. The highest BCUT2D eigenvalue weighted by Crippen LogP contribution is 2.44. The lowest BCUT2D eigenvalue weighted by Gasteiger charge is -2.23. The third-order valence-electron chi connectivity index (χ3n) is 5.66. The van der Waals surface area contributed by atoms with E-state index >= 15 is 0 Å². The lowest BCUT2D eigenvalue weighted by molar-refractivity contribution is -0.132. The van der Waals surface area contributed by atoms with E-state index < -0.39 is 23.5 Å². The molecule has 1 fully saturated rings. The Balaban J connectivity index is 1.75. The van der Waals surface area contributed by atoms with Gasteiger partial charge in [0.2, 0.25) is 0 Å². The van der Waals surface area contributed by atoms with Gasteiger partial charge in [-0.15, -0.1) is 0 Å². The van der Waals surface area contributed by atoms with E-state index in [2.05, 4.69) is 9.97 Å². The predicted octanol–water partition coefficient (Wildman–Crippen LogP) is 5.07. The molecule has 1 N–H and O–H groups in total.